The Bertz CT molecular complexity index is 620. The number of halogens is 1. The first-order valence-electron chi connectivity index (χ1n) is 6.31. The van der Waals surface area contributed by atoms with E-state index in [4.69, 9.17) is 4.74 Å². The van der Waals surface area contributed by atoms with Gasteiger partial charge in [-0.15, -0.1) is 6.58 Å². The molecule has 0 heterocycles. The summed E-state index contributed by atoms with van der Waals surface area (Å²) in [4.78, 5) is 12.1. The van der Waals surface area contributed by atoms with Gasteiger partial charge in [0.25, 0.3) is 0 Å². The molecule has 0 aliphatic rings. The number of hydrogen-bond donors (Lipinski definition) is 0. The minimum Gasteiger partial charge on any atom is -0.485 e. The number of allylic oxidation sites excluding steroid dienone is 1. The quantitative estimate of drug-likeness (QED) is 0.578. The van der Waals surface area contributed by atoms with Crippen LogP contribution in [0, 0.1) is 0 Å². The molecule has 102 valence electrons. The van der Waals surface area contributed by atoms with Crippen LogP contribution in [-0.4, -0.2) is 12.4 Å². The summed E-state index contributed by atoms with van der Waals surface area (Å²) < 4.78 is 6.52. The van der Waals surface area contributed by atoms with Gasteiger partial charge < -0.3 is 4.74 Å². The van der Waals surface area contributed by atoms with Crippen LogP contribution in [0.5, 0.6) is 5.75 Å². The van der Waals surface area contributed by atoms with Crippen LogP contribution in [0.1, 0.15) is 15.9 Å². The van der Waals surface area contributed by atoms with E-state index in [1.807, 2.05) is 42.5 Å². The Balaban J connectivity index is 2.05. The summed E-state index contributed by atoms with van der Waals surface area (Å²) in [5.41, 5.74) is 1.67. The summed E-state index contributed by atoms with van der Waals surface area (Å²) in [6.07, 6.45) is 2.54. The van der Waals surface area contributed by atoms with Crippen molar-refractivity contribution in [3.63, 3.8) is 0 Å². The first kappa shape index (κ1) is 14.5. The van der Waals surface area contributed by atoms with Crippen LogP contribution in [0.2, 0.25) is 0 Å². The number of benzene rings is 2. The molecule has 0 aromatic heterocycles. The summed E-state index contributed by atoms with van der Waals surface area (Å²) in [5.74, 6) is 0.690. The molecular formula is C17H15BrO2. The predicted octanol–water partition coefficient (Wildman–Crippen LogP) is 4.44. The SMILES string of the molecule is C=CCc1ccccc1OCC(=O)c1cccc(Br)c1. The Hall–Kier alpha value is -1.87. The van der Waals surface area contributed by atoms with E-state index in [-0.39, 0.29) is 12.4 Å². The number of carbonyl (C=O) groups excluding carboxylic acids is 1. The van der Waals surface area contributed by atoms with Gasteiger partial charge in [-0.1, -0.05) is 52.3 Å². The van der Waals surface area contributed by atoms with E-state index in [1.54, 1.807) is 12.1 Å². The average Bonchev–Trinajstić information content (AvgIpc) is 2.46. The number of hydrogen-bond acceptors (Lipinski definition) is 2. The van der Waals surface area contributed by atoms with Crippen LogP contribution in [0.4, 0.5) is 0 Å². The van der Waals surface area contributed by atoms with Crippen molar-refractivity contribution in [2.45, 2.75) is 6.42 Å². The maximum absolute atomic E-state index is 12.1. The van der Waals surface area contributed by atoms with Gasteiger partial charge in [0, 0.05) is 10.0 Å². The van der Waals surface area contributed by atoms with E-state index in [0.29, 0.717) is 5.56 Å². The lowest BCUT2D eigenvalue weighted by atomic mass is 10.1. The monoisotopic (exact) mass is 330 g/mol. The van der Waals surface area contributed by atoms with Gasteiger partial charge in [-0.2, -0.15) is 0 Å². The molecule has 0 aliphatic carbocycles. The highest BCUT2D eigenvalue weighted by atomic mass is 79.9. The Morgan fingerprint density at radius 3 is 2.75 bits per heavy atom. The van der Waals surface area contributed by atoms with Crippen LogP contribution < -0.4 is 4.74 Å². The second-order valence-corrected chi connectivity index (χ2v) is 5.24. The Morgan fingerprint density at radius 2 is 2.00 bits per heavy atom. The Labute approximate surface area is 127 Å². The maximum Gasteiger partial charge on any atom is 0.200 e. The molecule has 0 atom stereocenters. The molecule has 0 bridgehead atoms. The van der Waals surface area contributed by atoms with E-state index in [9.17, 15) is 4.79 Å². The van der Waals surface area contributed by atoms with Crippen LogP contribution >= 0.6 is 15.9 Å². The second-order valence-electron chi connectivity index (χ2n) is 4.32. The minimum absolute atomic E-state index is 0.0324. The average molecular weight is 331 g/mol. The fraction of sp³-hybridized carbons (Fsp3) is 0.118. The van der Waals surface area contributed by atoms with Gasteiger partial charge in [0.2, 0.25) is 0 Å². The number of carbonyl (C=O) groups is 1. The van der Waals surface area contributed by atoms with E-state index >= 15 is 0 Å². The van der Waals surface area contributed by atoms with Crippen molar-refractivity contribution < 1.29 is 9.53 Å². The summed E-state index contributed by atoms with van der Waals surface area (Å²) in [6, 6.07) is 15.0. The van der Waals surface area contributed by atoms with Gasteiger partial charge in [-0.25, -0.2) is 0 Å². The molecule has 0 saturated carbocycles. The zero-order chi connectivity index (χ0) is 14.4. The number of para-hydroxylation sites is 1. The lowest BCUT2D eigenvalue weighted by molar-refractivity contribution is 0.0921. The van der Waals surface area contributed by atoms with Crippen molar-refractivity contribution in [2.24, 2.45) is 0 Å². The van der Waals surface area contributed by atoms with E-state index < -0.39 is 0 Å². The van der Waals surface area contributed by atoms with Gasteiger partial charge in [-0.3, -0.25) is 4.79 Å². The van der Waals surface area contributed by atoms with Crippen molar-refractivity contribution >= 4 is 21.7 Å². The van der Waals surface area contributed by atoms with Crippen molar-refractivity contribution in [3.8, 4) is 5.75 Å². The fourth-order valence-corrected chi connectivity index (χ4v) is 2.26. The summed E-state index contributed by atoms with van der Waals surface area (Å²) in [7, 11) is 0. The van der Waals surface area contributed by atoms with Crippen molar-refractivity contribution in [3.05, 3.63) is 76.8 Å². The molecule has 20 heavy (non-hydrogen) atoms. The summed E-state index contributed by atoms with van der Waals surface area (Å²) in [5, 5.41) is 0. The molecule has 3 heteroatoms. The maximum atomic E-state index is 12.1. The van der Waals surface area contributed by atoms with Crippen LogP contribution in [-0.2, 0) is 6.42 Å². The lowest BCUT2D eigenvalue weighted by Gasteiger charge is -2.09. The smallest absolute Gasteiger partial charge is 0.200 e. The zero-order valence-electron chi connectivity index (χ0n) is 11.0. The molecule has 0 N–H and O–H groups in total. The molecule has 0 amide bonds. The summed E-state index contributed by atoms with van der Waals surface area (Å²) in [6.45, 7) is 3.75. The lowest BCUT2D eigenvalue weighted by Crippen LogP contribution is -2.12. The Kier molecular flexibility index (Phi) is 5.13. The van der Waals surface area contributed by atoms with Crippen LogP contribution in [0.15, 0.2) is 65.7 Å². The highest BCUT2D eigenvalue weighted by Crippen LogP contribution is 2.19. The molecule has 2 nitrogen and oxygen atoms in total. The van der Waals surface area contributed by atoms with E-state index in [2.05, 4.69) is 22.5 Å². The third-order valence-corrected chi connectivity index (χ3v) is 3.34. The van der Waals surface area contributed by atoms with Crippen LogP contribution in [0.3, 0.4) is 0 Å². The second kappa shape index (κ2) is 7.06. The van der Waals surface area contributed by atoms with Gasteiger partial charge in [0.05, 0.1) is 0 Å². The predicted molar refractivity (Wildman–Crippen MR) is 84.3 cm³/mol. The molecule has 0 spiro atoms. The van der Waals surface area contributed by atoms with Crippen molar-refractivity contribution in [1.82, 2.24) is 0 Å². The third kappa shape index (κ3) is 3.81. The van der Waals surface area contributed by atoms with E-state index in [0.717, 1.165) is 22.2 Å². The molecule has 0 aliphatic heterocycles. The molecule has 0 radical (unpaired) electrons. The molecule has 0 unspecified atom stereocenters. The zero-order valence-corrected chi connectivity index (χ0v) is 12.6. The molecule has 2 aromatic rings. The first-order valence-corrected chi connectivity index (χ1v) is 7.10. The van der Waals surface area contributed by atoms with E-state index in [1.165, 1.54) is 0 Å². The van der Waals surface area contributed by atoms with Gasteiger partial charge in [0.1, 0.15) is 5.75 Å². The number of ether oxygens (including phenoxy) is 1. The van der Waals surface area contributed by atoms with Gasteiger partial charge in [0.15, 0.2) is 12.4 Å². The summed E-state index contributed by atoms with van der Waals surface area (Å²) >= 11 is 3.35. The standard InChI is InChI=1S/C17H15BrO2/c1-2-6-13-7-3-4-10-17(13)20-12-16(19)14-8-5-9-15(18)11-14/h2-5,7-11H,1,6,12H2. The topological polar surface area (TPSA) is 26.3 Å². The molecule has 2 rings (SSSR count). The van der Waals surface area contributed by atoms with Crippen molar-refractivity contribution in [2.75, 3.05) is 6.61 Å². The Morgan fingerprint density at radius 1 is 1.20 bits per heavy atom. The largest absolute Gasteiger partial charge is 0.485 e. The molecule has 0 saturated heterocycles. The third-order valence-electron chi connectivity index (χ3n) is 2.84. The number of rotatable bonds is 6. The highest BCUT2D eigenvalue weighted by Gasteiger charge is 2.08. The molecule has 0 fully saturated rings. The first-order chi connectivity index (χ1) is 9.70. The number of ketones is 1. The fourth-order valence-electron chi connectivity index (χ4n) is 1.86. The van der Waals surface area contributed by atoms with Gasteiger partial charge >= 0.3 is 0 Å². The highest BCUT2D eigenvalue weighted by molar-refractivity contribution is 9.10. The molecular weight excluding hydrogens is 316 g/mol. The minimum atomic E-state index is -0.0419. The van der Waals surface area contributed by atoms with Crippen LogP contribution in [0.25, 0.3) is 0 Å². The van der Waals surface area contributed by atoms with Crippen molar-refractivity contribution in [1.29, 1.82) is 0 Å². The normalized spacial score (nSPS) is 10.1. The van der Waals surface area contributed by atoms with Gasteiger partial charge in [-0.05, 0) is 30.2 Å². The number of Topliss-reactive ketones (excluding diaryl/α,β-unsaturated/α-hetero) is 1. The molecule has 2 aromatic carbocycles.